The van der Waals surface area contributed by atoms with Gasteiger partial charge in [0.2, 0.25) is 0 Å². The molecule has 0 atom stereocenters. The fraction of sp³-hybridized carbons (Fsp3) is 1.00. The summed E-state index contributed by atoms with van der Waals surface area (Å²) in [6, 6.07) is 0. The third-order valence-electron chi connectivity index (χ3n) is 1.73. The Balaban J connectivity index is 0. The zero-order valence-corrected chi connectivity index (χ0v) is 9.45. The van der Waals surface area contributed by atoms with E-state index in [4.69, 9.17) is 10.2 Å². The van der Waals surface area contributed by atoms with Gasteiger partial charge in [-0.25, -0.2) is 0 Å². The van der Waals surface area contributed by atoms with Crippen LogP contribution in [0.3, 0.4) is 0 Å². The van der Waals surface area contributed by atoms with Crippen LogP contribution in [0, 0.1) is 5.92 Å². The fourth-order valence-corrected chi connectivity index (χ4v) is 0.923. The van der Waals surface area contributed by atoms with Crippen LogP contribution in [-0.4, -0.2) is 23.4 Å². The van der Waals surface area contributed by atoms with Crippen molar-refractivity contribution in [3.05, 3.63) is 0 Å². The van der Waals surface area contributed by atoms with Crippen LogP contribution in [0.5, 0.6) is 0 Å². The standard InChI is InChI=1S/C8H18O2.HI/c1-2-3-4-5-8(6-9)7-10;/h8-10H,2-7H2,1H3;1H. The minimum Gasteiger partial charge on any atom is -0.396 e. The lowest BCUT2D eigenvalue weighted by atomic mass is 10.0. The molecule has 0 unspecified atom stereocenters. The Morgan fingerprint density at radius 2 is 1.64 bits per heavy atom. The topological polar surface area (TPSA) is 40.5 Å². The highest BCUT2D eigenvalue weighted by Crippen LogP contribution is 2.07. The largest absolute Gasteiger partial charge is 0.396 e. The molecule has 0 bridgehead atoms. The number of hydrogen-bond acceptors (Lipinski definition) is 2. The zero-order chi connectivity index (χ0) is 7.82. The van der Waals surface area contributed by atoms with Gasteiger partial charge in [-0.2, -0.15) is 0 Å². The van der Waals surface area contributed by atoms with Crippen LogP contribution in [0.15, 0.2) is 0 Å². The second-order valence-corrected chi connectivity index (χ2v) is 2.73. The molecular formula is C8H19IO2. The van der Waals surface area contributed by atoms with E-state index in [1.165, 1.54) is 12.8 Å². The van der Waals surface area contributed by atoms with Crippen molar-refractivity contribution in [1.29, 1.82) is 0 Å². The van der Waals surface area contributed by atoms with E-state index in [2.05, 4.69) is 6.92 Å². The Hall–Kier alpha value is 0.650. The van der Waals surface area contributed by atoms with Gasteiger partial charge in [-0.05, 0) is 6.42 Å². The van der Waals surface area contributed by atoms with Crippen LogP contribution in [0.1, 0.15) is 32.6 Å². The predicted molar refractivity (Wildman–Crippen MR) is 57.2 cm³/mol. The number of hydrogen-bond donors (Lipinski definition) is 2. The highest BCUT2D eigenvalue weighted by Gasteiger charge is 2.03. The minimum atomic E-state index is 0. The lowest BCUT2D eigenvalue weighted by Gasteiger charge is -2.08. The first-order valence-electron chi connectivity index (χ1n) is 4.06. The van der Waals surface area contributed by atoms with Gasteiger partial charge in [-0.1, -0.05) is 26.2 Å². The van der Waals surface area contributed by atoms with E-state index >= 15 is 0 Å². The molecule has 0 aliphatic heterocycles. The van der Waals surface area contributed by atoms with Crippen molar-refractivity contribution >= 4 is 24.0 Å². The molecule has 0 radical (unpaired) electrons. The average Bonchev–Trinajstić information content (AvgIpc) is 1.99. The third kappa shape index (κ3) is 8.56. The number of halogens is 1. The summed E-state index contributed by atoms with van der Waals surface area (Å²) in [5, 5.41) is 17.3. The first-order valence-corrected chi connectivity index (χ1v) is 4.06. The molecule has 2 nitrogen and oxygen atoms in total. The Morgan fingerprint density at radius 3 is 2.00 bits per heavy atom. The van der Waals surface area contributed by atoms with Crippen molar-refractivity contribution in [2.45, 2.75) is 32.6 Å². The Kier molecular flexibility index (Phi) is 13.7. The van der Waals surface area contributed by atoms with Crippen molar-refractivity contribution in [2.75, 3.05) is 13.2 Å². The van der Waals surface area contributed by atoms with Crippen molar-refractivity contribution in [3.63, 3.8) is 0 Å². The molecule has 2 N–H and O–H groups in total. The van der Waals surface area contributed by atoms with Crippen LogP contribution in [-0.2, 0) is 0 Å². The van der Waals surface area contributed by atoms with E-state index in [0.29, 0.717) is 0 Å². The molecule has 0 spiro atoms. The number of aliphatic hydroxyl groups is 2. The maximum absolute atomic E-state index is 8.67. The Morgan fingerprint density at radius 1 is 1.09 bits per heavy atom. The lowest BCUT2D eigenvalue weighted by Crippen LogP contribution is -2.10. The Labute approximate surface area is 86.0 Å². The van der Waals surface area contributed by atoms with Gasteiger partial charge in [0.05, 0.1) is 0 Å². The fourth-order valence-electron chi connectivity index (χ4n) is 0.923. The average molecular weight is 274 g/mol. The summed E-state index contributed by atoms with van der Waals surface area (Å²) in [4.78, 5) is 0. The summed E-state index contributed by atoms with van der Waals surface area (Å²) in [5.41, 5.74) is 0. The molecule has 0 heterocycles. The summed E-state index contributed by atoms with van der Waals surface area (Å²) in [6.45, 7) is 2.40. The summed E-state index contributed by atoms with van der Waals surface area (Å²) in [5.74, 6) is 0.117. The van der Waals surface area contributed by atoms with E-state index in [9.17, 15) is 0 Å². The van der Waals surface area contributed by atoms with Crippen LogP contribution in [0.4, 0.5) is 0 Å². The minimum absolute atomic E-state index is 0. The first kappa shape index (κ1) is 14.2. The van der Waals surface area contributed by atoms with Gasteiger partial charge in [0.15, 0.2) is 0 Å². The number of aliphatic hydroxyl groups excluding tert-OH is 2. The monoisotopic (exact) mass is 274 g/mol. The van der Waals surface area contributed by atoms with Crippen molar-refractivity contribution < 1.29 is 10.2 Å². The molecule has 70 valence electrons. The maximum Gasteiger partial charge on any atom is 0.0481 e. The van der Waals surface area contributed by atoms with Crippen LogP contribution in [0.2, 0.25) is 0 Å². The molecule has 0 amide bonds. The summed E-state index contributed by atoms with van der Waals surface area (Å²) in [7, 11) is 0. The summed E-state index contributed by atoms with van der Waals surface area (Å²) >= 11 is 0. The predicted octanol–water partition coefficient (Wildman–Crippen LogP) is 1.79. The number of unbranched alkanes of at least 4 members (excludes halogenated alkanes) is 2. The first-order chi connectivity index (χ1) is 4.85. The van der Waals surface area contributed by atoms with E-state index < -0.39 is 0 Å². The van der Waals surface area contributed by atoms with Gasteiger partial charge in [-0.15, -0.1) is 24.0 Å². The van der Waals surface area contributed by atoms with Crippen LogP contribution >= 0.6 is 24.0 Å². The second kappa shape index (κ2) is 10.7. The molecule has 0 aliphatic carbocycles. The van der Waals surface area contributed by atoms with E-state index in [0.717, 1.165) is 12.8 Å². The molecule has 0 saturated carbocycles. The van der Waals surface area contributed by atoms with Gasteiger partial charge in [0.1, 0.15) is 0 Å². The summed E-state index contributed by atoms with van der Waals surface area (Å²) < 4.78 is 0. The normalized spacial score (nSPS) is 9.82. The van der Waals surface area contributed by atoms with Crippen LogP contribution < -0.4 is 0 Å². The molecule has 0 aromatic rings. The molecule has 3 heteroatoms. The van der Waals surface area contributed by atoms with E-state index in [1.807, 2.05) is 0 Å². The molecule has 0 aliphatic rings. The molecular weight excluding hydrogens is 255 g/mol. The highest BCUT2D eigenvalue weighted by molar-refractivity contribution is 14.0. The number of rotatable bonds is 6. The van der Waals surface area contributed by atoms with Crippen molar-refractivity contribution in [1.82, 2.24) is 0 Å². The van der Waals surface area contributed by atoms with E-state index in [1.54, 1.807) is 0 Å². The lowest BCUT2D eigenvalue weighted by molar-refractivity contribution is 0.141. The Bertz CT molecular complexity index is 65.1. The molecule has 0 aromatic carbocycles. The van der Waals surface area contributed by atoms with Crippen molar-refractivity contribution in [2.24, 2.45) is 5.92 Å². The quantitative estimate of drug-likeness (QED) is 0.572. The third-order valence-corrected chi connectivity index (χ3v) is 1.73. The molecule has 0 aromatic heterocycles. The molecule has 0 fully saturated rings. The highest BCUT2D eigenvalue weighted by atomic mass is 127. The smallest absolute Gasteiger partial charge is 0.0481 e. The molecule has 0 rings (SSSR count). The van der Waals surface area contributed by atoms with Gasteiger partial charge < -0.3 is 10.2 Å². The van der Waals surface area contributed by atoms with Crippen LogP contribution in [0.25, 0.3) is 0 Å². The molecule has 0 saturated heterocycles. The van der Waals surface area contributed by atoms with Gasteiger partial charge >= 0.3 is 0 Å². The summed E-state index contributed by atoms with van der Waals surface area (Å²) in [6.07, 6.45) is 4.49. The molecule has 11 heavy (non-hydrogen) atoms. The van der Waals surface area contributed by atoms with Gasteiger partial charge in [0.25, 0.3) is 0 Å². The SMILES string of the molecule is CCCCCC(CO)CO.I. The van der Waals surface area contributed by atoms with Crippen molar-refractivity contribution in [3.8, 4) is 0 Å². The van der Waals surface area contributed by atoms with E-state index in [-0.39, 0.29) is 43.1 Å². The second-order valence-electron chi connectivity index (χ2n) is 2.73. The van der Waals surface area contributed by atoms with Gasteiger partial charge in [0, 0.05) is 19.1 Å². The van der Waals surface area contributed by atoms with Gasteiger partial charge in [-0.3, -0.25) is 0 Å². The zero-order valence-electron chi connectivity index (χ0n) is 7.12. The maximum atomic E-state index is 8.67.